The van der Waals surface area contributed by atoms with Crippen LogP contribution in [0.3, 0.4) is 0 Å². The molecule has 5 nitrogen and oxygen atoms in total. The molecule has 1 aromatic rings. The summed E-state index contributed by atoms with van der Waals surface area (Å²) in [5.74, 6) is -0.189. The zero-order valence-corrected chi connectivity index (χ0v) is 13.3. The van der Waals surface area contributed by atoms with Gasteiger partial charge in [0, 0.05) is 29.9 Å². The molecule has 0 fully saturated rings. The molecule has 0 aliphatic carbocycles. The number of carbonyl (C=O) groups is 1. The summed E-state index contributed by atoms with van der Waals surface area (Å²) >= 11 is 0. The number of carbonyl (C=O) groups excluding carboxylic acids is 1. The molecule has 0 atom stereocenters. The van der Waals surface area contributed by atoms with E-state index >= 15 is 0 Å². The van der Waals surface area contributed by atoms with E-state index in [0.29, 0.717) is 34.7 Å². The van der Waals surface area contributed by atoms with Gasteiger partial charge in [0.15, 0.2) is 0 Å². The van der Waals surface area contributed by atoms with E-state index in [1.807, 2.05) is 20.8 Å². The van der Waals surface area contributed by atoms with Gasteiger partial charge in [-0.15, -0.1) is 0 Å². The fraction of sp³-hybridized carbons (Fsp3) is 0.714. The van der Waals surface area contributed by atoms with Crippen LogP contribution in [-0.4, -0.2) is 34.3 Å². The van der Waals surface area contributed by atoms with Crippen LogP contribution in [0.25, 0.3) is 0 Å². The molecule has 0 aromatic carbocycles. The van der Waals surface area contributed by atoms with Gasteiger partial charge < -0.3 is 10.6 Å². The highest BCUT2D eigenvalue weighted by Gasteiger charge is 2.19. The molecule has 0 aliphatic heterocycles. The van der Waals surface area contributed by atoms with Crippen LogP contribution in [0.1, 0.15) is 44.3 Å². The first-order valence-corrected chi connectivity index (χ1v) is 6.96. The largest absolute Gasteiger partial charge is 0.355 e. The van der Waals surface area contributed by atoms with Crippen molar-refractivity contribution in [2.75, 3.05) is 13.1 Å². The molecule has 0 unspecified atom stereocenters. The average molecular weight is 302 g/mol. The molecule has 0 saturated heterocycles. The number of aromatic nitrogens is 2. The Morgan fingerprint density at radius 1 is 1.29 bits per heavy atom. The fourth-order valence-corrected chi connectivity index (χ4v) is 2.01. The van der Waals surface area contributed by atoms with Crippen LogP contribution in [0.15, 0.2) is 0 Å². The van der Waals surface area contributed by atoms with Crippen molar-refractivity contribution in [1.29, 1.82) is 0 Å². The highest BCUT2D eigenvalue weighted by Crippen LogP contribution is 2.19. The molecule has 1 heterocycles. The number of nitrogens with one attached hydrogen (secondary N) is 2. The third-order valence-electron chi connectivity index (χ3n) is 3.10. The molecule has 0 saturated carbocycles. The van der Waals surface area contributed by atoms with E-state index in [2.05, 4.69) is 15.7 Å². The molecular weight excluding hydrogens is 278 g/mol. The number of rotatable bonds is 6. The molecule has 7 heteroatoms. The number of halogens is 2. The summed E-state index contributed by atoms with van der Waals surface area (Å²) in [7, 11) is 0. The summed E-state index contributed by atoms with van der Waals surface area (Å²) in [6.07, 6.45) is 0.0693. The van der Waals surface area contributed by atoms with Crippen LogP contribution in [-0.2, 0) is 11.2 Å². The molecule has 1 rings (SSSR count). The summed E-state index contributed by atoms with van der Waals surface area (Å²) in [4.78, 5) is 11.9. The number of hydrogen-bond acceptors (Lipinski definition) is 3. The van der Waals surface area contributed by atoms with Gasteiger partial charge in [0.2, 0.25) is 5.91 Å². The Morgan fingerprint density at radius 2 is 1.90 bits per heavy atom. The Bertz CT molecular complexity index is 492. The van der Waals surface area contributed by atoms with Gasteiger partial charge in [-0.1, -0.05) is 0 Å². The Balaban J connectivity index is 2.52. The monoisotopic (exact) mass is 302 g/mol. The number of alkyl halides is 2. The van der Waals surface area contributed by atoms with Crippen LogP contribution >= 0.6 is 0 Å². The molecule has 120 valence electrons. The van der Waals surface area contributed by atoms with Gasteiger partial charge in [0.25, 0.3) is 0 Å². The Kier molecular flexibility index (Phi) is 5.83. The third kappa shape index (κ3) is 5.41. The van der Waals surface area contributed by atoms with Gasteiger partial charge in [-0.05, 0) is 34.6 Å². The molecule has 0 radical (unpaired) electrons. The number of nitrogens with zero attached hydrogens (tertiary/aromatic N) is 2. The predicted octanol–water partition coefficient (Wildman–Crippen LogP) is 1.94. The van der Waals surface area contributed by atoms with E-state index in [0.717, 1.165) is 0 Å². The summed E-state index contributed by atoms with van der Waals surface area (Å²) in [6.45, 7) is 7.78. The third-order valence-corrected chi connectivity index (χ3v) is 3.10. The van der Waals surface area contributed by atoms with Gasteiger partial charge in [-0.25, -0.2) is 4.68 Å². The quantitative estimate of drug-likeness (QED) is 0.790. The predicted molar refractivity (Wildman–Crippen MR) is 77.4 cm³/mol. The molecular formula is C14H24F2N4O. The SMILES string of the molecule is Cc1nn(C(F)F)c(C)c1CC(=O)NCCNC(C)(C)C. The minimum Gasteiger partial charge on any atom is -0.355 e. The van der Waals surface area contributed by atoms with E-state index < -0.39 is 6.55 Å². The van der Waals surface area contributed by atoms with Gasteiger partial charge in [-0.2, -0.15) is 13.9 Å². The molecule has 0 spiro atoms. The second kappa shape index (κ2) is 6.98. The van der Waals surface area contributed by atoms with Crippen LogP contribution < -0.4 is 10.6 Å². The van der Waals surface area contributed by atoms with E-state index in [1.54, 1.807) is 13.8 Å². The number of amides is 1. The number of aryl methyl sites for hydroxylation is 1. The van der Waals surface area contributed by atoms with Crippen molar-refractivity contribution in [2.24, 2.45) is 0 Å². The van der Waals surface area contributed by atoms with Crippen molar-refractivity contribution in [1.82, 2.24) is 20.4 Å². The maximum atomic E-state index is 12.7. The summed E-state index contributed by atoms with van der Waals surface area (Å²) in [5, 5.41) is 9.79. The lowest BCUT2D eigenvalue weighted by molar-refractivity contribution is -0.120. The standard InChI is InChI=1S/C14H24F2N4O/c1-9-11(10(2)20(19-9)13(15)16)8-12(21)17-6-7-18-14(3,4)5/h13,18H,6-8H2,1-5H3,(H,17,21). The van der Waals surface area contributed by atoms with E-state index in [-0.39, 0.29) is 17.9 Å². The second-order valence-corrected chi connectivity index (χ2v) is 6.08. The molecule has 2 N–H and O–H groups in total. The maximum Gasteiger partial charge on any atom is 0.333 e. The minimum absolute atomic E-state index is 0.00366. The minimum atomic E-state index is -2.68. The highest BCUT2D eigenvalue weighted by atomic mass is 19.3. The first-order valence-electron chi connectivity index (χ1n) is 6.96. The fourth-order valence-electron chi connectivity index (χ4n) is 2.01. The van der Waals surface area contributed by atoms with Crippen LogP contribution in [0.2, 0.25) is 0 Å². The lowest BCUT2D eigenvalue weighted by Crippen LogP contribution is -2.41. The highest BCUT2D eigenvalue weighted by molar-refractivity contribution is 5.79. The van der Waals surface area contributed by atoms with Crippen LogP contribution in [0.5, 0.6) is 0 Å². The van der Waals surface area contributed by atoms with Crippen molar-refractivity contribution in [2.45, 2.75) is 53.1 Å². The van der Waals surface area contributed by atoms with Crippen molar-refractivity contribution in [3.63, 3.8) is 0 Å². The zero-order chi connectivity index (χ0) is 16.2. The smallest absolute Gasteiger partial charge is 0.333 e. The van der Waals surface area contributed by atoms with Gasteiger partial charge in [0.1, 0.15) is 0 Å². The Morgan fingerprint density at radius 3 is 2.38 bits per heavy atom. The molecule has 21 heavy (non-hydrogen) atoms. The van der Waals surface area contributed by atoms with Gasteiger partial charge in [-0.3, -0.25) is 4.79 Å². The normalized spacial score (nSPS) is 12.0. The summed E-state index contributed by atoms with van der Waals surface area (Å²) in [5.41, 5.74) is 1.37. The van der Waals surface area contributed by atoms with E-state index in [4.69, 9.17) is 0 Å². The maximum absolute atomic E-state index is 12.7. The number of hydrogen-bond donors (Lipinski definition) is 2. The van der Waals surface area contributed by atoms with E-state index in [1.165, 1.54) is 0 Å². The molecule has 0 bridgehead atoms. The van der Waals surface area contributed by atoms with Crippen molar-refractivity contribution >= 4 is 5.91 Å². The summed E-state index contributed by atoms with van der Waals surface area (Å²) in [6, 6.07) is 0. The molecule has 1 aromatic heterocycles. The Labute approximate surface area is 124 Å². The first-order chi connectivity index (χ1) is 9.61. The van der Waals surface area contributed by atoms with E-state index in [9.17, 15) is 13.6 Å². The zero-order valence-electron chi connectivity index (χ0n) is 13.3. The second-order valence-electron chi connectivity index (χ2n) is 6.08. The topological polar surface area (TPSA) is 59.0 Å². The van der Waals surface area contributed by atoms with Crippen molar-refractivity contribution in [3.05, 3.63) is 17.0 Å². The lowest BCUT2D eigenvalue weighted by atomic mass is 10.1. The first kappa shape index (κ1) is 17.6. The Hall–Kier alpha value is -1.50. The molecule has 0 aliphatic rings. The lowest BCUT2D eigenvalue weighted by Gasteiger charge is -2.20. The van der Waals surface area contributed by atoms with Gasteiger partial charge >= 0.3 is 6.55 Å². The summed E-state index contributed by atoms with van der Waals surface area (Å²) < 4.78 is 26.1. The van der Waals surface area contributed by atoms with Crippen molar-refractivity contribution in [3.8, 4) is 0 Å². The molecule has 1 amide bonds. The van der Waals surface area contributed by atoms with Gasteiger partial charge in [0.05, 0.1) is 12.1 Å². The van der Waals surface area contributed by atoms with Crippen molar-refractivity contribution < 1.29 is 13.6 Å². The average Bonchev–Trinajstić information content (AvgIpc) is 2.61. The van der Waals surface area contributed by atoms with Crippen LogP contribution in [0, 0.1) is 13.8 Å². The van der Waals surface area contributed by atoms with Crippen LogP contribution in [0.4, 0.5) is 8.78 Å².